The third-order valence-corrected chi connectivity index (χ3v) is 21.8. The molecule has 0 radical (unpaired) electrons. The molecule has 720 valence electrons. The maximum atomic E-state index is 14.5. The number of nitrogens with zero attached hydrogens (tertiary/aromatic N) is 1. The van der Waals surface area contributed by atoms with Gasteiger partial charge in [-0.15, -0.1) is 0 Å². The highest BCUT2D eigenvalue weighted by molar-refractivity contribution is 6.05. The summed E-state index contributed by atoms with van der Waals surface area (Å²) in [5.74, 6) is -18.3. The van der Waals surface area contributed by atoms with Crippen LogP contribution in [-0.4, -0.2) is 258 Å². The minimum Gasteiger partial charge on any atom is -0.464 e. The summed E-state index contributed by atoms with van der Waals surface area (Å²) in [6.45, 7) is 39.2. The summed E-state index contributed by atoms with van der Waals surface area (Å²) < 4.78 is 5.09. The quantitative estimate of drug-likeness (QED) is 0.0269. The highest BCUT2D eigenvalue weighted by Crippen LogP contribution is 2.26. The summed E-state index contributed by atoms with van der Waals surface area (Å²) >= 11 is 0. The fraction of sp³-hybridized carbons (Fsp3) is 0.750. The SMILES string of the molecule is CC[C@@](C)(NC(=O)[C@H](C)NC(=O)[C@H](CO)NC(=O)C(C)(C)NC(C)=O)C(=O)N[C@](C)(CC)C(=O)N[C@@H](CCC(N)=O)C(=O)N[C@](C)(CC)C(=O)N[C@@H](CC(C)C)C(=O)NC(C)(C)C(=O)N[C@@H](C)C(=O)NC(C)(C)C(=O)NC(C)(C)C(=O)N1CCC[C@H]1C(=O)N[C@@H](CC(C)C)C(=O)NC(C)(C)C(=O)NC(C)(C)C(=O)N[C@@H](CCC(N)=O)C(=O)N[C@H](COC(C)=O)C(C)C. The Morgan fingerprint density at radius 2 is 0.724 bits per heavy atom. The van der Waals surface area contributed by atoms with Gasteiger partial charge in [0.15, 0.2) is 0 Å². The fourth-order valence-electron chi connectivity index (χ4n) is 12.6. The largest absolute Gasteiger partial charge is 0.464 e. The molecule has 0 spiro atoms. The lowest BCUT2D eigenvalue weighted by Gasteiger charge is -2.37. The Morgan fingerprint density at radius 3 is 1.16 bits per heavy atom. The van der Waals surface area contributed by atoms with Gasteiger partial charge in [-0.25, -0.2) is 0 Å². The van der Waals surface area contributed by atoms with Gasteiger partial charge < -0.3 is 117 Å². The maximum absolute atomic E-state index is 14.5. The van der Waals surface area contributed by atoms with Gasteiger partial charge in [-0.05, 0) is 193 Å². The van der Waals surface area contributed by atoms with Crippen LogP contribution in [-0.2, 0) is 105 Å². The van der Waals surface area contributed by atoms with Gasteiger partial charge in [0.2, 0.25) is 118 Å². The minimum absolute atomic E-state index is 0.0319. The molecule has 20 amide bonds. The summed E-state index contributed by atoms with van der Waals surface area (Å²) in [7, 11) is 0. The summed E-state index contributed by atoms with van der Waals surface area (Å²) in [6, 6.07) is -11.8. The zero-order valence-corrected chi connectivity index (χ0v) is 79.4. The average molecular weight is 1800 g/mol. The van der Waals surface area contributed by atoms with Crippen molar-refractivity contribution in [2.45, 2.75) is 369 Å². The number of nitrogens with one attached hydrogen (secondary N) is 17. The third kappa shape index (κ3) is 35.2. The number of hydrogen-bond acceptors (Lipinski definition) is 23. The van der Waals surface area contributed by atoms with E-state index < -0.39 is 248 Å². The van der Waals surface area contributed by atoms with Crippen molar-refractivity contribution in [2.75, 3.05) is 19.8 Å². The van der Waals surface area contributed by atoms with Gasteiger partial charge in [-0.2, -0.15) is 0 Å². The van der Waals surface area contributed by atoms with Crippen LogP contribution in [0.3, 0.4) is 0 Å². The number of esters is 1. The minimum atomic E-state index is -1.87. The van der Waals surface area contributed by atoms with Crippen molar-refractivity contribution in [3.05, 3.63) is 0 Å². The normalized spacial score (nSPS) is 16.5. The predicted octanol–water partition coefficient (Wildman–Crippen LogP) is -3.03. The van der Waals surface area contributed by atoms with Gasteiger partial charge in [0, 0.05) is 33.2 Å². The molecule has 1 saturated heterocycles. The van der Waals surface area contributed by atoms with Gasteiger partial charge in [0.1, 0.15) is 105 Å². The molecular weight excluding hydrogens is 1660 g/mol. The second kappa shape index (κ2) is 47.6. The molecule has 1 rings (SSSR count). The van der Waals surface area contributed by atoms with Crippen molar-refractivity contribution in [3.63, 3.8) is 0 Å². The number of rotatable bonds is 51. The van der Waals surface area contributed by atoms with Crippen LogP contribution in [0.4, 0.5) is 0 Å². The molecule has 127 heavy (non-hydrogen) atoms. The van der Waals surface area contributed by atoms with Crippen LogP contribution in [0.5, 0.6) is 0 Å². The Bertz CT molecular complexity index is 4050. The van der Waals surface area contributed by atoms with Crippen molar-refractivity contribution in [2.24, 2.45) is 29.2 Å². The van der Waals surface area contributed by atoms with E-state index >= 15 is 0 Å². The zero-order chi connectivity index (χ0) is 98.8. The summed E-state index contributed by atoms with van der Waals surface area (Å²) in [5, 5.41) is 53.7. The van der Waals surface area contributed by atoms with Gasteiger partial charge >= 0.3 is 5.97 Å². The van der Waals surface area contributed by atoms with E-state index in [0.717, 1.165) is 0 Å². The van der Waals surface area contributed by atoms with Gasteiger partial charge in [-0.3, -0.25) is 101 Å². The van der Waals surface area contributed by atoms with Crippen molar-refractivity contribution < 1.29 is 111 Å². The molecule has 1 aliphatic rings. The smallest absolute Gasteiger partial charge is 0.302 e. The monoisotopic (exact) mass is 1800 g/mol. The number of aliphatic hydroxyl groups is 1. The predicted molar refractivity (Wildman–Crippen MR) is 465 cm³/mol. The summed E-state index contributed by atoms with van der Waals surface area (Å²) in [4.78, 5) is 287. The van der Waals surface area contributed by atoms with Crippen LogP contribution in [0.25, 0.3) is 0 Å². The number of ether oxygens (including phenoxy) is 1. The molecule has 12 atom stereocenters. The van der Waals surface area contributed by atoms with Crippen molar-refractivity contribution in [1.82, 2.24) is 95.3 Å². The number of carbonyl (C=O) groups excluding carboxylic acids is 21. The Morgan fingerprint density at radius 1 is 0.378 bits per heavy atom. The first-order valence-corrected chi connectivity index (χ1v) is 42.9. The molecule has 0 aliphatic carbocycles. The Hall–Kier alpha value is -11.2. The molecular formula is C84H146N20O23. The lowest BCUT2D eigenvalue weighted by atomic mass is 9.91. The standard InChI is InChI=1S/C84H146N20O23/c1-29-82(26,100-63(114)51(35-37-58(86)109)92-73(124)83(27,30-2)103-74(125)84(28,31-3)99-60(111)46(10)87-62(113)54(41-105)94-68(119)76(14,15)95-48(12)106)72(123)93-53(40-44(6)7)65(116)97-77(16,17)67(118)88-47(11)59(110)96-79(20,21)71(122)102-81(24,25)75(126)104-38-32-33-56(104)66(117)89-52(39-43(4)5)64(115)98-80(22,23)70(121)101-78(18,19)69(120)91-50(34-36-57(85)108)61(112)90-55(45(8)9)42-127-49(13)107/h43-47,50-56,105H,29-42H2,1-28H3,(H2,85,108)(H2,86,109)(H,87,113)(H,88,118)(H,89,117)(H,90,112)(H,91,120)(H,92,124)(H,93,123)(H,94,119)(H,95,106)(H,96,110)(H,97,116)(H,98,115)(H,99,111)(H,100,114)(H,101,121)(H,102,122)(H,103,125)/t46-,47-,50-,51-,52-,53-,54-,55+,56-,82+,83+,84+/m0/s1. The average Bonchev–Trinajstić information content (AvgIpc) is 1.77. The molecule has 22 N–H and O–H groups in total. The molecule has 0 saturated carbocycles. The van der Waals surface area contributed by atoms with E-state index in [1.807, 2.05) is 0 Å². The first kappa shape index (κ1) is 114. The van der Waals surface area contributed by atoms with Crippen molar-refractivity contribution in [1.29, 1.82) is 0 Å². The topological polar surface area (TPSA) is 648 Å². The Balaban J connectivity index is 3.30. The summed E-state index contributed by atoms with van der Waals surface area (Å²) in [6.07, 6.45) is -1.30. The molecule has 0 aromatic carbocycles. The highest BCUT2D eigenvalue weighted by atomic mass is 16.5. The second-order valence-electron chi connectivity index (χ2n) is 37.7. The molecule has 0 aromatic heterocycles. The number of nitrogens with two attached hydrogens (primary N) is 2. The van der Waals surface area contributed by atoms with E-state index in [-0.39, 0.29) is 82.3 Å². The third-order valence-electron chi connectivity index (χ3n) is 21.8. The van der Waals surface area contributed by atoms with Crippen LogP contribution in [0.1, 0.15) is 264 Å². The number of amides is 20. The zero-order valence-electron chi connectivity index (χ0n) is 79.4. The summed E-state index contributed by atoms with van der Waals surface area (Å²) in [5.41, 5.74) is -5.06. The van der Waals surface area contributed by atoms with Crippen LogP contribution in [0, 0.1) is 17.8 Å². The van der Waals surface area contributed by atoms with E-state index in [2.05, 4.69) is 90.4 Å². The van der Waals surface area contributed by atoms with E-state index in [4.69, 9.17) is 16.2 Å². The van der Waals surface area contributed by atoms with Crippen LogP contribution < -0.4 is 102 Å². The molecule has 43 heteroatoms. The van der Waals surface area contributed by atoms with Crippen molar-refractivity contribution in [3.8, 4) is 0 Å². The van der Waals surface area contributed by atoms with E-state index in [9.17, 15) is 106 Å². The van der Waals surface area contributed by atoms with E-state index in [0.29, 0.717) is 6.42 Å². The van der Waals surface area contributed by atoms with Gasteiger partial charge in [-0.1, -0.05) is 62.3 Å². The molecule has 1 fully saturated rings. The maximum Gasteiger partial charge on any atom is 0.302 e. The number of carbonyl (C=O) groups is 21. The Kier molecular flexibility index (Phi) is 42.7. The molecule has 0 bridgehead atoms. The first-order valence-electron chi connectivity index (χ1n) is 42.9. The van der Waals surface area contributed by atoms with Crippen LogP contribution in [0.2, 0.25) is 0 Å². The van der Waals surface area contributed by atoms with Gasteiger partial charge in [0.25, 0.3) is 0 Å². The Labute approximate surface area is 744 Å². The molecule has 1 heterocycles. The second-order valence-corrected chi connectivity index (χ2v) is 37.7. The van der Waals surface area contributed by atoms with Crippen LogP contribution in [0.15, 0.2) is 0 Å². The first-order chi connectivity index (χ1) is 57.9. The molecule has 1 aliphatic heterocycles. The molecule has 0 aromatic rings. The molecule has 0 unspecified atom stereocenters. The molecule has 43 nitrogen and oxygen atoms in total. The van der Waals surface area contributed by atoms with Crippen molar-refractivity contribution >= 4 is 124 Å². The fourth-order valence-corrected chi connectivity index (χ4v) is 12.6. The number of primary amides is 2. The lowest BCUT2D eigenvalue weighted by Crippen LogP contribution is -2.68. The van der Waals surface area contributed by atoms with Gasteiger partial charge in [0.05, 0.1) is 12.6 Å². The van der Waals surface area contributed by atoms with E-state index in [1.54, 1.807) is 48.5 Å². The lowest BCUT2D eigenvalue weighted by molar-refractivity contribution is -0.146. The number of hydrogen-bond donors (Lipinski definition) is 20. The van der Waals surface area contributed by atoms with E-state index in [1.165, 1.54) is 150 Å². The highest BCUT2D eigenvalue weighted by Gasteiger charge is 2.49. The number of likely N-dealkylation sites (tertiary alicyclic amines) is 1. The number of aliphatic hydroxyl groups excluding tert-OH is 1. The van der Waals surface area contributed by atoms with Crippen LogP contribution >= 0.6 is 0 Å².